The summed E-state index contributed by atoms with van der Waals surface area (Å²) in [6.45, 7) is 0.893. The Hall–Kier alpha value is -0.340. The Labute approximate surface area is 69.4 Å². The van der Waals surface area contributed by atoms with Crippen molar-refractivity contribution in [2.75, 3.05) is 6.54 Å². The van der Waals surface area contributed by atoms with Crippen LogP contribution < -0.4 is 5.73 Å². The number of benzene rings is 1. The van der Waals surface area contributed by atoms with Crippen LogP contribution >= 0.6 is 15.9 Å². The van der Waals surface area contributed by atoms with Crippen molar-refractivity contribution in [1.29, 1.82) is 0 Å². The predicted octanol–water partition coefficient (Wildman–Crippen LogP) is 1.36. The van der Waals surface area contributed by atoms with Crippen molar-refractivity contribution in [3.8, 4) is 0 Å². The Kier molecular flexibility index (Phi) is 2.90. The molecule has 3 N–H and O–H groups in total. The molecule has 1 unspecified atom stereocenters. The lowest BCUT2D eigenvalue weighted by atomic mass is 10.2. The molecule has 0 spiro atoms. The van der Waals surface area contributed by atoms with Crippen LogP contribution in [-0.4, -0.2) is 6.54 Å². The highest BCUT2D eigenvalue weighted by Crippen LogP contribution is 2.19. The Balaban J connectivity index is 2.75. The largest absolute Gasteiger partial charge is 0.356 e. The fourth-order valence-corrected chi connectivity index (χ4v) is 1.13. The molecule has 0 aromatic heterocycles. The smallest absolute Gasteiger partial charge is 0.0908 e. The third-order valence-corrected chi connectivity index (χ3v) is 2.40. The van der Waals surface area contributed by atoms with Crippen LogP contribution in [0.25, 0.3) is 0 Å². The number of rotatable bonds is 2. The van der Waals surface area contributed by atoms with Crippen molar-refractivity contribution in [2.45, 2.75) is 4.83 Å². The molecule has 1 nitrogen and oxygen atoms in total. The lowest BCUT2D eigenvalue weighted by molar-refractivity contribution is -0.366. The van der Waals surface area contributed by atoms with E-state index in [-0.39, 0.29) is 0 Å². The molecule has 1 aromatic rings. The summed E-state index contributed by atoms with van der Waals surface area (Å²) in [6.07, 6.45) is 0. The van der Waals surface area contributed by atoms with Gasteiger partial charge in [0, 0.05) is 0 Å². The summed E-state index contributed by atoms with van der Waals surface area (Å²) in [5, 5.41) is 0. The summed E-state index contributed by atoms with van der Waals surface area (Å²) in [5.74, 6) is 0. The first-order valence-corrected chi connectivity index (χ1v) is 4.24. The standard InChI is InChI=1S/C8H10BrN/c9-8(6-10)7-4-2-1-3-5-7/h1-5,8H,6,10H2/p+1. The highest BCUT2D eigenvalue weighted by molar-refractivity contribution is 9.09. The molecule has 1 rings (SSSR count). The van der Waals surface area contributed by atoms with Crippen LogP contribution in [0.5, 0.6) is 0 Å². The maximum absolute atomic E-state index is 3.82. The van der Waals surface area contributed by atoms with E-state index in [9.17, 15) is 0 Å². The second kappa shape index (κ2) is 3.74. The van der Waals surface area contributed by atoms with E-state index in [1.165, 1.54) is 5.56 Å². The number of hydrogen-bond acceptors (Lipinski definition) is 0. The fourth-order valence-electron chi connectivity index (χ4n) is 0.829. The molecule has 0 fully saturated rings. The van der Waals surface area contributed by atoms with E-state index in [4.69, 9.17) is 0 Å². The Morgan fingerprint density at radius 3 is 2.40 bits per heavy atom. The van der Waals surface area contributed by atoms with E-state index in [2.05, 4.69) is 33.8 Å². The van der Waals surface area contributed by atoms with Crippen LogP contribution in [0.4, 0.5) is 0 Å². The van der Waals surface area contributed by atoms with Gasteiger partial charge in [0.2, 0.25) is 0 Å². The summed E-state index contributed by atoms with van der Waals surface area (Å²) in [7, 11) is 0. The molecule has 2 heteroatoms. The van der Waals surface area contributed by atoms with Crippen molar-refractivity contribution >= 4 is 15.9 Å². The Bertz CT molecular complexity index is 186. The maximum Gasteiger partial charge on any atom is 0.0908 e. The molecule has 0 aliphatic rings. The molecule has 54 valence electrons. The minimum Gasteiger partial charge on any atom is -0.356 e. The normalized spacial score (nSPS) is 13.0. The third kappa shape index (κ3) is 1.82. The van der Waals surface area contributed by atoms with Crippen molar-refractivity contribution in [3.05, 3.63) is 35.9 Å². The minimum absolute atomic E-state index is 0.411. The quantitative estimate of drug-likeness (QED) is 0.700. The molecule has 1 aromatic carbocycles. The van der Waals surface area contributed by atoms with Gasteiger partial charge in [-0.15, -0.1) is 0 Å². The van der Waals surface area contributed by atoms with Crippen LogP contribution in [-0.2, 0) is 0 Å². The Morgan fingerprint density at radius 1 is 1.30 bits per heavy atom. The van der Waals surface area contributed by atoms with Crippen LogP contribution in [0.1, 0.15) is 10.4 Å². The van der Waals surface area contributed by atoms with Gasteiger partial charge in [0.15, 0.2) is 0 Å². The zero-order valence-corrected chi connectivity index (χ0v) is 7.34. The molecule has 0 aliphatic heterocycles. The van der Waals surface area contributed by atoms with E-state index in [0.717, 1.165) is 6.54 Å². The predicted molar refractivity (Wildman–Crippen MR) is 45.9 cm³/mol. The van der Waals surface area contributed by atoms with Gasteiger partial charge in [-0.1, -0.05) is 46.3 Å². The van der Waals surface area contributed by atoms with E-state index >= 15 is 0 Å². The molecular formula is C8H11BrN+. The van der Waals surface area contributed by atoms with Gasteiger partial charge in [0.25, 0.3) is 0 Å². The van der Waals surface area contributed by atoms with E-state index < -0.39 is 0 Å². The average molecular weight is 201 g/mol. The zero-order chi connectivity index (χ0) is 7.40. The van der Waals surface area contributed by atoms with Gasteiger partial charge in [-0.3, -0.25) is 0 Å². The van der Waals surface area contributed by atoms with Gasteiger partial charge in [-0.2, -0.15) is 0 Å². The first-order chi connectivity index (χ1) is 4.84. The highest BCUT2D eigenvalue weighted by Gasteiger charge is 2.03. The van der Waals surface area contributed by atoms with Crippen molar-refractivity contribution in [3.63, 3.8) is 0 Å². The summed E-state index contributed by atoms with van der Waals surface area (Å²) in [4.78, 5) is 0.411. The highest BCUT2D eigenvalue weighted by atomic mass is 79.9. The topological polar surface area (TPSA) is 27.6 Å². The molecule has 0 amide bonds. The lowest BCUT2D eigenvalue weighted by Crippen LogP contribution is -2.51. The average Bonchev–Trinajstić information content (AvgIpc) is 2.05. The first-order valence-electron chi connectivity index (χ1n) is 3.33. The molecule has 0 saturated heterocycles. The Morgan fingerprint density at radius 2 is 1.90 bits per heavy atom. The summed E-state index contributed by atoms with van der Waals surface area (Å²) in [6, 6.07) is 10.3. The van der Waals surface area contributed by atoms with Gasteiger partial charge in [0.05, 0.1) is 11.4 Å². The number of hydrogen-bond donors (Lipinski definition) is 1. The minimum atomic E-state index is 0.411. The number of quaternary nitrogens is 1. The monoisotopic (exact) mass is 200 g/mol. The molecule has 0 aliphatic carbocycles. The second-order valence-corrected chi connectivity index (χ2v) is 3.27. The van der Waals surface area contributed by atoms with E-state index in [1.807, 2.05) is 18.2 Å². The lowest BCUT2D eigenvalue weighted by Gasteiger charge is -2.02. The van der Waals surface area contributed by atoms with Gasteiger partial charge in [-0.25, -0.2) is 0 Å². The number of alkyl halides is 1. The number of halogens is 1. The van der Waals surface area contributed by atoms with Crippen LogP contribution in [0.15, 0.2) is 30.3 Å². The summed E-state index contributed by atoms with van der Waals surface area (Å²) in [5.41, 5.74) is 5.12. The molecule has 1 atom stereocenters. The van der Waals surface area contributed by atoms with Gasteiger partial charge < -0.3 is 5.73 Å². The third-order valence-electron chi connectivity index (χ3n) is 1.41. The molecule has 0 saturated carbocycles. The fraction of sp³-hybridized carbons (Fsp3) is 0.250. The molecular weight excluding hydrogens is 190 g/mol. The van der Waals surface area contributed by atoms with Crippen LogP contribution in [0, 0.1) is 0 Å². The summed E-state index contributed by atoms with van der Waals surface area (Å²) < 4.78 is 0. The van der Waals surface area contributed by atoms with E-state index in [0.29, 0.717) is 4.83 Å². The molecule has 0 radical (unpaired) electrons. The van der Waals surface area contributed by atoms with Crippen molar-refractivity contribution < 1.29 is 5.73 Å². The van der Waals surface area contributed by atoms with Gasteiger partial charge in [0.1, 0.15) is 0 Å². The van der Waals surface area contributed by atoms with Crippen molar-refractivity contribution in [1.82, 2.24) is 0 Å². The first kappa shape index (κ1) is 7.76. The van der Waals surface area contributed by atoms with Crippen LogP contribution in [0.2, 0.25) is 0 Å². The SMILES string of the molecule is [NH3+]CC(Br)c1ccccc1. The van der Waals surface area contributed by atoms with Gasteiger partial charge >= 0.3 is 0 Å². The summed E-state index contributed by atoms with van der Waals surface area (Å²) >= 11 is 3.52. The molecule has 0 heterocycles. The van der Waals surface area contributed by atoms with Crippen molar-refractivity contribution in [2.24, 2.45) is 0 Å². The van der Waals surface area contributed by atoms with Gasteiger partial charge in [-0.05, 0) is 5.56 Å². The molecule has 0 bridgehead atoms. The van der Waals surface area contributed by atoms with Crippen LogP contribution in [0.3, 0.4) is 0 Å². The zero-order valence-electron chi connectivity index (χ0n) is 5.76. The second-order valence-electron chi connectivity index (χ2n) is 2.17. The molecule has 10 heavy (non-hydrogen) atoms. The maximum atomic E-state index is 3.82. The van der Waals surface area contributed by atoms with E-state index in [1.54, 1.807) is 0 Å².